The predicted molar refractivity (Wildman–Crippen MR) is 36.9 cm³/mol. The van der Waals surface area contributed by atoms with E-state index in [1.807, 2.05) is 0 Å². The molecule has 0 aromatic carbocycles. The maximum atomic E-state index is 4.50. The molecule has 0 fully saturated rings. The molecule has 0 aliphatic rings. The van der Waals surface area contributed by atoms with E-state index >= 15 is 0 Å². The second kappa shape index (κ2) is 3.01. The Morgan fingerprint density at radius 1 is 1.75 bits per heavy atom. The molecule has 0 bridgehead atoms. The van der Waals surface area contributed by atoms with Gasteiger partial charge in [-0.25, -0.2) is 0 Å². The van der Waals surface area contributed by atoms with Crippen LogP contribution in [0, 0.1) is 0 Å². The fraction of sp³-hybridized carbons (Fsp3) is 0.500. The fourth-order valence-electron chi connectivity index (χ4n) is 0.387. The Labute approximate surface area is 60.6 Å². The van der Waals surface area contributed by atoms with Gasteiger partial charge in [-0.3, -0.25) is 0 Å². The smallest absolute Gasteiger partial charge is 0.213 e. The Kier molecular flexibility index (Phi) is 2.26. The molecule has 3 nitrogen and oxygen atoms in total. The number of rotatable bonds is 2. The molecule has 8 heavy (non-hydrogen) atoms. The summed E-state index contributed by atoms with van der Waals surface area (Å²) >= 11 is 2.27. The van der Waals surface area contributed by atoms with Crippen molar-refractivity contribution in [3.63, 3.8) is 0 Å². The fourth-order valence-corrected chi connectivity index (χ4v) is 0.870. The van der Waals surface area contributed by atoms with Gasteiger partial charge in [0.2, 0.25) is 6.39 Å². The molecule has 0 amide bonds. The summed E-state index contributed by atoms with van der Waals surface area (Å²) in [6.45, 7) is 0. The van der Waals surface area contributed by atoms with Crippen molar-refractivity contribution >= 4 is 22.6 Å². The summed E-state index contributed by atoms with van der Waals surface area (Å²) in [6.07, 6.45) is 2.25. The Morgan fingerprint density at radius 2 is 2.62 bits per heavy atom. The van der Waals surface area contributed by atoms with Gasteiger partial charge in [0.15, 0.2) is 5.82 Å². The van der Waals surface area contributed by atoms with E-state index in [9.17, 15) is 0 Å². The summed E-state index contributed by atoms with van der Waals surface area (Å²) < 4.78 is 5.54. The van der Waals surface area contributed by atoms with E-state index in [1.165, 1.54) is 6.39 Å². The average Bonchev–Trinajstić information content (AvgIpc) is 2.19. The summed E-state index contributed by atoms with van der Waals surface area (Å²) in [5.74, 6) is 0.791. The van der Waals surface area contributed by atoms with Crippen LogP contribution in [0.4, 0.5) is 0 Å². The van der Waals surface area contributed by atoms with Gasteiger partial charge >= 0.3 is 0 Å². The zero-order valence-electron chi connectivity index (χ0n) is 4.17. The molecule has 1 heterocycles. The molecule has 1 aromatic rings. The van der Waals surface area contributed by atoms with E-state index in [-0.39, 0.29) is 0 Å². The first-order chi connectivity index (χ1) is 3.93. The molecular formula is C4H5IN2O. The monoisotopic (exact) mass is 224 g/mol. The number of halogens is 1. The Balaban J connectivity index is 2.50. The van der Waals surface area contributed by atoms with Crippen LogP contribution >= 0.6 is 22.6 Å². The second-order valence-electron chi connectivity index (χ2n) is 1.29. The van der Waals surface area contributed by atoms with Crippen molar-refractivity contribution in [2.75, 3.05) is 4.43 Å². The Morgan fingerprint density at radius 3 is 3.12 bits per heavy atom. The molecule has 0 unspecified atom stereocenters. The molecule has 0 aliphatic carbocycles. The van der Waals surface area contributed by atoms with Gasteiger partial charge in [0.25, 0.3) is 0 Å². The molecule has 1 rings (SSSR count). The molecule has 0 saturated carbocycles. The first-order valence-corrected chi connectivity index (χ1v) is 3.77. The van der Waals surface area contributed by atoms with Crippen molar-refractivity contribution in [2.24, 2.45) is 0 Å². The van der Waals surface area contributed by atoms with E-state index < -0.39 is 0 Å². The van der Waals surface area contributed by atoms with Crippen LogP contribution in [0.3, 0.4) is 0 Å². The molecule has 44 valence electrons. The molecule has 0 radical (unpaired) electrons. The molecule has 1 aromatic heterocycles. The predicted octanol–water partition coefficient (Wildman–Crippen LogP) is 1.05. The molecular weight excluding hydrogens is 219 g/mol. The van der Waals surface area contributed by atoms with Gasteiger partial charge in [0.1, 0.15) is 0 Å². The van der Waals surface area contributed by atoms with Crippen LogP contribution in [0.2, 0.25) is 0 Å². The third-order valence-electron chi connectivity index (χ3n) is 0.725. The minimum atomic E-state index is 0.791. The highest BCUT2D eigenvalue weighted by Gasteiger charge is 1.92. The number of hydrogen-bond acceptors (Lipinski definition) is 3. The summed E-state index contributed by atoms with van der Waals surface area (Å²) in [5.41, 5.74) is 0. The van der Waals surface area contributed by atoms with Crippen molar-refractivity contribution in [2.45, 2.75) is 6.42 Å². The van der Waals surface area contributed by atoms with Gasteiger partial charge < -0.3 is 4.52 Å². The van der Waals surface area contributed by atoms with Crippen molar-refractivity contribution in [1.82, 2.24) is 10.1 Å². The van der Waals surface area contributed by atoms with Crippen LogP contribution in [0.25, 0.3) is 0 Å². The van der Waals surface area contributed by atoms with Crippen LogP contribution in [-0.4, -0.2) is 14.6 Å². The molecule has 4 heteroatoms. The molecule has 0 atom stereocenters. The van der Waals surface area contributed by atoms with Crippen molar-refractivity contribution in [3.8, 4) is 0 Å². The molecule has 0 saturated heterocycles. The molecule has 0 N–H and O–H groups in total. The zero-order chi connectivity index (χ0) is 5.82. The van der Waals surface area contributed by atoms with Gasteiger partial charge in [0, 0.05) is 10.8 Å². The largest absolute Gasteiger partial charge is 0.343 e. The number of nitrogens with zero attached hydrogens (tertiary/aromatic N) is 2. The minimum Gasteiger partial charge on any atom is -0.343 e. The van der Waals surface area contributed by atoms with Gasteiger partial charge in [-0.2, -0.15) is 4.98 Å². The summed E-state index contributed by atoms with van der Waals surface area (Å²) in [6, 6.07) is 0. The quantitative estimate of drug-likeness (QED) is 0.556. The maximum Gasteiger partial charge on any atom is 0.213 e. The van der Waals surface area contributed by atoms with Gasteiger partial charge in [-0.1, -0.05) is 27.7 Å². The topological polar surface area (TPSA) is 38.9 Å². The summed E-state index contributed by atoms with van der Waals surface area (Å²) in [7, 11) is 0. The van der Waals surface area contributed by atoms with Crippen LogP contribution in [0.1, 0.15) is 5.82 Å². The highest BCUT2D eigenvalue weighted by atomic mass is 127. The maximum absolute atomic E-state index is 4.50. The third kappa shape index (κ3) is 1.43. The number of hydrogen-bond donors (Lipinski definition) is 0. The standard InChI is InChI=1S/C4H5IN2O/c5-2-1-4-6-3-8-7-4/h3H,1-2H2. The summed E-state index contributed by atoms with van der Waals surface area (Å²) in [5, 5.41) is 3.62. The van der Waals surface area contributed by atoms with Crippen LogP contribution < -0.4 is 0 Å². The normalized spacial score (nSPS) is 9.62. The first kappa shape index (κ1) is 6.00. The third-order valence-corrected chi connectivity index (χ3v) is 1.26. The van der Waals surface area contributed by atoms with Crippen LogP contribution in [-0.2, 0) is 6.42 Å². The number of alkyl halides is 1. The minimum absolute atomic E-state index is 0.791. The van der Waals surface area contributed by atoms with Crippen molar-refractivity contribution < 1.29 is 4.52 Å². The second-order valence-corrected chi connectivity index (χ2v) is 2.37. The number of aryl methyl sites for hydroxylation is 1. The lowest BCUT2D eigenvalue weighted by atomic mass is 10.5. The van der Waals surface area contributed by atoms with Gasteiger partial charge in [-0.15, -0.1) is 0 Å². The summed E-state index contributed by atoms with van der Waals surface area (Å²) in [4.78, 5) is 3.82. The van der Waals surface area contributed by atoms with E-state index in [2.05, 4.69) is 37.3 Å². The van der Waals surface area contributed by atoms with E-state index in [1.54, 1.807) is 0 Å². The first-order valence-electron chi connectivity index (χ1n) is 2.24. The lowest BCUT2D eigenvalue weighted by Crippen LogP contribution is -1.86. The van der Waals surface area contributed by atoms with Gasteiger partial charge in [-0.05, 0) is 0 Å². The highest BCUT2D eigenvalue weighted by molar-refractivity contribution is 14.1. The van der Waals surface area contributed by atoms with Crippen molar-refractivity contribution in [3.05, 3.63) is 12.2 Å². The van der Waals surface area contributed by atoms with Crippen LogP contribution in [0.5, 0.6) is 0 Å². The molecule has 0 spiro atoms. The highest BCUT2D eigenvalue weighted by Crippen LogP contribution is 1.92. The van der Waals surface area contributed by atoms with Gasteiger partial charge in [0.05, 0.1) is 0 Å². The van der Waals surface area contributed by atoms with Crippen LogP contribution in [0.15, 0.2) is 10.9 Å². The van der Waals surface area contributed by atoms with E-state index in [0.29, 0.717) is 0 Å². The Bertz CT molecular complexity index is 140. The molecule has 0 aliphatic heterocycles. The van der Waals surface area contributed by atoms with E-state index in [4.69, 9.17) is 0 Å². The Hall–Kier alpha value is -0.130. The average molecular weight is 224 g/mol. The zero-order valence-corrected chi connectivity index (χ0v) is 6.33. The lowest BCUT2D eigenvalue weighted by Gasteiger charge is -1.79. The SMILES string of the molecule is ICCc1ncon1. The van der Waals surface area contributed by atoms with Crippen molar-refractivity contribution in [1.29, 1.82) is 0 Å². The lowest BCUT2D eigenvalue weighted by molar-refractivity contribution is 0.411. The van der Waals surface area contributed by atoms with E-state index in [0.717, 1.165) is 16.7 Å². The number of aromatic nitrogens is 2.